The van der Waals surface area contributed by atoms with Gasteiger partial charge in [-0.05, 0) is 84.6 Å². The minimum Gasteiger partial charge on any atom is -0.369 e. The molecule has 15 heteroatoms. The summed E-state index contributed by atoms with van der Waals surface area (Å²) in [6, 6.07) is 17.8. The average molecular weight is 720 g/mol. The Morgan fingerprint density at radius 1 is 0.961 bits per heavy atom. The number of carbonyl (C=O) groups is 1. The molecule has 1 aliphatic heterocycles. The first-order valence-corrected chi connectivity index (χ1v) is 17.4. The normalized spacial score (nSPS) is 13.9. The fourth-order valence-corrected chi connectivity index (χ4v) is 6.19. The Balaban J connectivity index is 1.03. The van der Waals surface area contributed by atoms with Gasteiger partial charge in [0.1, 0.15) is 5.69 Å². The molecule has 0 aliphatic carbocycles. The van der Waals surface area contributed by atoms with E-state index in [1.807, 2.05) is 6.92 Å². The molecule has 0 saturated carbocycles. The number of hydrogen-bond acceptors (Lipinski definition) is 8. The van der Waals surface area contributed by atoms with E-state index in [1.54, 1.807) is 59.4 Å². The van der Waals surface area contributed by atoms with E-state index in [9.17, 15) is 30.3 Å². The molecule has 51 heavy (non-hydrogen) atoms. The molecular weight excluding hydrogens is 687 g/mol. The van der Waals surface area contributed by atoms with Gasteiger partial charge in [0.25, 0.3) is 5.91 Å². The molecule has 0 spiro atoms. The fourth-order valence-electron chi connectivity index (χ4n) is 5.73. The molecule has 1 aliphatic rings. The Morgan fingerprint density at radius 2 is 1.73 bits per heavy atom. The SMILES string of the molecule is Cc1ccc(C(=O)Nc2ccc(CNCCN3CCN(c4ccc(S(=O)(=O)F)cc4)CC3)c(C(F)(F)F)c2)cc1C#Cc1cnc2cccnn12. The molecule has 5 aromatic rings. The van der Waals surface area contributed by atoms with Crippen LogP contribution in [0, 0.1) is 18.8 Å². The van der Waals surface area contributed by atoms with E-state index in [4.69, 9.17) is 0 Å². The standard InChI is InChI=1S/C36H33F4N7O3S/c1-25-4-5-27(21-26(25)7-9-31-24-42-34-3-2-14-43-47(31)34)35(48)44-29-8-6-28(33(22-29)36(37,38)39)23-41-15-16-45-17-19-46(20-18-45)30-10-12-32(13-11-30)51(40,49)50/h2-6,8,10-14,21-22,24,41H,15-20,23H2,1H3,(H,44,48). The van der Waals surface area contributed by atoms with Gasteiger partial charge >= 0.3 is 16.4 Å². The van der Waals surface area contributed by atoms with Crippen molar-refractivity contribution in [2.24, 2.45) is 0 Å². The highest BCUT2D eigenvalue weighted by Gasteiger charge is 2.33. The molecule has 2 aromatic heterocycles. The molecule has 0 unspecified atom stereocenters. The van der Waals surface area contributed by atoms with Crippen LogP contribution in [0.4, 0.5) is 28.4 Å². The van der Waals surface area contributed by atoms with E-state index in [2.05, 4.69) is 42.4 Å². The highest BCUT2D eigenvalue weighted by molar-refractivity contribution is 7.86. The third-order valence-electron chi connectivity index (χ3n) is 8.55. The third-order valence-corrected chi connectivity index (χ3v) is 9.39. The summed E-state index contributed by atoms with van der Waals surface area (Å²) < 4.78 is 79.2. The predicted molar refractivity (Wildman–Crippen MR) is 185 cm³/mol. The molecule has 0 bridgehead atoms. The Labute approximate surface area is 292 Å². The van der Waals surface area contributed by atoms with Crippen molar-refractivity contribution in [3.8, 4) is 11.8 Å². The van der Waals surface area contributed by atoms with Gasteiger partial charge in [0, 0.05) is 74.5 Å². The van der Waals surface area contributed by atoms with Crippen molar-refractivity contribution < 1.29 is 30.3 Å². The van der Waals surface area contributed by atoms with Crippen molar-refractivity contribution in [1.82, 2.24) is 24.8 Å². The Bertz CT molecular complexity index is 2220. The van der Waals surface area contributed by atoms with Crippen molar-refractivity contribution in [3.63, 3.8) is 0 Å². The number of nitrogens with one attached hydrogen (secondary N) is 2. The molecular formula is C36H33F4N7O3S. The van der Waals surface area contributed by atoms with Crippen LogP contribution in [-0.4, -0.2) is 73.1 Å². The first-order valence-electron chi connectivity index (χ1n) is 16.0. The minimum absolute atomic E-state index is 0.0138. The topological polar surface area (TPSA) is 112 Å². The van der Waals surface area contributed by atoms with Crippen LogP contribution in [0.1, 0.15) is 38.3 Å². The number of hydrogen-bond donors (Lipinski definition) is 2. The number of fused-ring (bicyclic) bond motifs is 1. The summed E-state index contributed by atoms with van der Waals surface area (Å²) in [5.74, 6) is 5.49. The van der Waals surface area contributed by atoms with Gasteiger partial charge in [0.2, 0.25) is 0 Å². The van der Waals surface area contributed by atoms with Gasteiger partial charge in [-0.25, -0.2) is 9.50 Å². The largest absolute Gasteiger partial charge is 0.416 e. The third kappa shape index (κ3) is 8.72. The van der Waals surface area contributed by atoms with Crippen LogP contribution in [0.2, 0.25) is 0 Å². The molecule has 0 radical (unpaired) electrons. The molecule has 264 valence electrons. The molecule has 1 amide bonds. The summed E-state index contributed by atoms with van der Waals surface area (Å²) in [5, 5.41) is 9.92. The summed E-state index contributed by atoms with van der Waals surface area (Å²) >= 11 is 0. The Morgan fingerprint density at radius 3 is 2.45 bits per heavy atom. The van der Waals surface area contributed by atoms with Crippen LogP contribution in [0.15, 0.2) is 90.1 Å². The van der Waals surface area contributed by atoms with E-state index in [-0.39, 0.29) is 28.3 Å². The number of anilines is 2. The second-order valence-electron chi connectivity index (χ2n) is 12.0. The zero-order valence-electron chi connectivity index (χ0n) is 27.4. The van der Waals surface area contributed by atoms with Gasteiger partial charge in [-0.3, -0.25) is 9.69 Å². The van der Waals surface area contributed by atoms with Crippen molar-refractivity contribution in [2.75, 3.05) is 49.5 Å². The van der Waals surface area contributed by atoms with E-state index in [0.717, 1.165) is 17.3 Å². The second kappa shape index (κ2) is 14.9. The molecule has 1 saturated heterocycles. The zero-order valence-corrected chi connectivity index (χ0v) is 28.2. The Hall–Kier alpha value is -5.30. The molecule has 3 heterocycles. The number of piperazine rings is 1. The van der Waals surface area contributed by atoms with E-state index in [1.165, 1.54) is 24.3 Å². The maximum atomic E-state index is 14.1. The summed E-state index contributed by atoms with van der Waals surface area (Å²) in [7, 11) is -4.75. The number of halogens is 4. The number of aryl methyl sites for hydroxylation is 1. The lowest BCUT2D eigenvalue weighted by Gasteiger charge is -2.36. The number of carbonyl (C=O) groups excluding carboxylic acids is 1. The molecule has 6 rings (SSSR count). The van der Waals surface area contributed by atoms with E-state index < -0.39 is 27.9 Å². The highest BCUT2D eigenvalue weighted by Crippen LogP contribution is 2.34. The number of rotatable bonds is 9. The number of benzene rings is 3. The zero-order chi connectivity index (χ0) is 36.2. The minimum atomic E-state index is -4.75. The van der Waals surface area contributed by atoms with Crippen LogP contribution in [0.25, 0.3) is 5.65 Å². The summed E-state index contributed by atoms with van der Waals surface area (Å²) in [6.07, 6.45) is -1.42. The second-order valence-corrected chi connectivity index (χ2v) is 13.3. The maximum Gasteiger partial charge on any atom is 0.416 e. The number of imidazole rings is 1. The first kappa shape index (κ1) is 35.5. The average Bonchev–Trinajstić information content (AvgIpc) is 3.53. The van der Waals surface area contributed by atoms with Crippen LogP contribution in [-0.2, 0) is 22.9 Å². The Kier molecular flexibility index (Phi) is 10.4. The van der Waals surface area contributed by atoms with Gasteiger partial charge in [-0.2, -0.15) is 26.7 Å². The van der Waals surface area contributed by atoms with Gasteiger partial charge in [-0.1, -0.05) is 18.1 Å². The lowest BCUT2D eigenvalue weighted by atomic mass is 10.0. The fraction of sp³-hybridized carbons (Fsp3) is 0.250. The number of nitrogens with zero attached hydrogens (tertiary/aromatic N) is 5. The molecule has 1 fully saturated rings. The summed E-state index contributed by atoms with van der Waals surface area (Å²) in [5.41, 5.74) is 2.86. The quantitative estimate of drug-likeness (QED) is 0.0917. The van der Waals surface area contributed by atoms with Crippen molar-refractivity contribution in [3.05, 3.63) is 119 Å². The summed E-state index contributed by atoms with van der Waals surface area (Å²) in [6.45, 7) is 5.60. The summed E-state index contributed by atoms with van der Waals surface area (Å²) in [4.78, 5) is 21.2. The van der Waals surface area contributed by atoms with Gasteiger partial charge in [0.05, 0.1) is 16.7 Å². The molecule has 10 nitrogen and oxygen atoms in total. The van der Waals surface area contributed by atoms with Crippen LogP contribution < -0.4 is 15.5 Å². The predicted octanol–water partition coefficient (Wildman–Crippen LogP) is 5.28. The van der Waals surface area contributed by atoms with Crippen molar-refractivity contribution in [1.29, 1.82) is 0 Å². The van der Waals surface area contributed by atoms with Gasteiger partial charge < -0.3 is 15.5 Å². The molecule has 2 N–H and O–H groups in total. The molecule has 3 aromatic carbocycles. The van der Waals surface area contributed by atoms with Crippen LogP contribution in [0.5, 0.6) is 0 Å². The monoisotopic (exact) mass is 719 g/mol. The first-order chi connectivity index (χ1) is 24.3. The smallest absolute Gasteiger partial charge is 0.369 e. The van der Waals surface area contributed by atoms with E-state index in [0.29, 0.717) is 56.2 Å². The lowest BCUT2D eigenvalue weighted by Crippen LogP contribution is -2.48. The number of aromatic nitrogens is 3. The van der Waals surface area contributed by atoms with Gasteiger partial charge in [0.15, 0.2) is 5.65 Å². The van der Waals surface area contributed by atoms with Gasteiger partial charge in [-0.15, -0.1) is 3.89 Å². The highest BCUT2D eigenvalue weighted by atomic mass is 32.3. The van der Waals surface area contributed by atoms with Crippen molar-refractivity contribution >= 4 is 33.2 Å². The van der Waals surface area contributed by atoms with Crippen LogP contribution in [0.3, 0.4) is 0 Å². The van der Waals surface area contributed by atoms with Crippen LogP contribution >= 0.6 is 0 Å². The maximum absolute atomic E-state index is 14.1. The number of amides is 1. The number of alkyl halides is 3. The van der Waals surface area contributed by atoms with Crippen molar-refractivity contribution in [2.45, 2.75) is 24.5 Å². The van der Waals surface area contributed by atoms with E-state index >= 15 is 0 Å². The lowest BCUT2D eigenvalue weighted by molar-refractivity contribution is -0.138. The molecule has 0 atom stereocenters.